The van der Waals surface area contributed by atoms with Crippen molar-refractivity contribution in [3.63, 3.8) is 0 Å². The number of nitrogens with one attached hydrogen (secondary N) is 1. The SMILES string of the molecule is NC(=O)CNCc1nc(-c2cnc3ccsc3c2)no1. The number of thiophene rings is 1. The lowest BCUT2D eigenvalue weighted by Gasteiger charge is -1.95. The number of nitrogens with zero attached hydrogens (tertiary/aromatic N) is 3. The van der Waals surface area contributed by atoms with Crippen LogP contribution in [0.5, 0.6) is 0 Å². The molecule has 0 aromatic carbocycles. The lowest BCUT2D eigenvalue weighted by atomic mass is 10.2. The van der Waals surface area contributed by atoms with E-state index in [1.807, 2.05) is 17.5 Å². The maximum absolute atomic E-state index is 10.6. The molecule has 3 aromatic heterocycles. The number of amides is 1. The van der Waals surface area contributed by atoms with E-state index in [1.165, 1.54) is 0 Å². The smallest absolute Gasteiger partial charge is 0.240 e. The molecule has 0 spiro atoms. The van der Waals surface area contributed by atoms with Crippen molar-refractivity contribution in [3.8, 4) is 11.4 Å². The normalized spacial score (nSPS) is 11.0. The Morgan fingerprint density at radius 1 is 1.50 bits per heavy atom. The van der Waals surface area contributed by atoms with Crippen LogP contribution in [0.4, 0.5) is 0 Å². The first kappa shape index (κ1) is 12.7. The summed E-state index contributed by atoms with van der Waals surface area (Å²) in [5, 5.41) is 8.69. The molecule has 0 aliphatic carbocycles. The number of rotatable bonds is 5. The molecule has 20 heavy (non-hydrogen) atoms. The molecule has 0 saturated carbocycles. The van der Waals surface area contributed by atoms with Gasteiger partial charge in [-0.15, -0.1) is 11.3 Å². The summed E-state index contributed by atoms with van der Waals surface area (Å²) in [4.78, 5) is 19.2. The third kappa shape index (κ3) is 2.65. The Balaban J connectivity index is 1.76. The van der Waals surface area contributed by atoms with Crippen molar-refractivity contribution in [2.75, 3.05) is 6.54 Å². The van der Waals surface area contributed by atoms with Gasteiger partial charge in [0.25, 0.3) is 0 Å². The van der Waals surface area contributed by atoms with E-state index in [0.717, 1.165) is 15.8 Å². The van der Waals surface area contributed by atoms with Crippen LogP contribution in [0.25, 0.3) is 21.6 Å². The molecule has 3 aromatic rings. The molecule has 0 unspecified atom stereocenters. The van der Waals surface area contributed by atoms with Crippen molar-refractivity contribution in [2.45, 2.75) is 6.54 Å². The molecule has 0 fully saturated rings. The third-order valence-electron chi connectivity index (χ3n) is 2.60. The maximum atomic E-state index is 10.6. The van der Waals surface area contributed by atoms with Gasteiger partial charge in [-0.1, -0.05) is 5.16 Å². The van der Waals surface area contributed by atoms with Crippen molar-refractivity contribution in [2.24, 2.45) is 5.73 Å². The van der Waals surface area contributed by atoms with Crippen molar-refractivity contribution in [1.82, 2.24) is 20.4 Å². The predicted octanol–water partition coefficient (Wildman–Crippen LogP) is 0.921. The number of hydrogen-bond donors (Lipinski definition) is 2. The number of nitrogens with two attached hydrogens (primary N) is 1. The Bertz CT molecular complexity index is 751. The van der Waals surface area contributed by atoms with Crippen molar-refractivity contribution in [3.05, 3.63) is 29.6 Å². The lowest BCUT2D eigenvalue weighted by Crippen LogP contribution is -2.28. The number of carbonyl (C=O) groups excluding carboxylic acids is 1. The molecule has 3 rings (SSSR count). The molecular formula is C12H11N5O2S. The molecule has 0 aliphatic rings. The number of carbonyl (C=O) groups is 1. The first-order valence-electron chi connectivity index (χ1n) is 5.87. The van der Waals surface area contributed by atoms with Crippen molar-refractivity contribution < 1.29 is 9.32 Å². The largest absolute Gasteiger partial charge is 0.369 e. The van der Waals surface area contributed by atoms with Crippen LogP contribution < -0.4 is 11.1 Å². The average Bonchev–Trinajstić information content (AvgIpc) is 3.05. The highest BCUT2D eigenvalue weighted by atomic mass is 32.1. The molecule has 0 aliphatic heterocycles. The quantitative estimate of drug-likeness (QED) is 0.723. The van der Waals surface area contributed by atoms with E-state index in [4.69, 9.17) is 10.3 Å². The van der Waals surface area contributed by atoms with E-state index < -0.39 is 5.91 Å². The van der Waals surface area contributed by atoms with Crippen LogP contribution in [0, 0.1) is 0 Å². The summed E-state index contributed by atoms with van der Waals surface area (Å²) >= 11 is 1.61. The fraction of sp³-hybridized carbons (Fsp3) is 0.167. The van der Waals surface area contributed by atoms with Gasteiger partial charge < -0.3 is 10.3 Å². The van der Waals surface area contributed by atoms with E-state index in [1.54, 1.807) is 17.5 Å². The van der Waals surface area contributed by atoms with Gasteiger partial charge in [0.1, 0.15) is 0 Å². The van der Waals surface area contributed by atoms with Crippen LogP contribution in [0.2, 0.25) is 0 Å². The fourth-order valence-corrected chi connectivity index (χ4v) is 2.49. The second kappa shape index (κ2) is 5.35. The highest BCUT2D eigenvalue weighted by Gasteiger charge is 2.10. The highest BCUT2D eigenvalue weighted by molar-refractivity contribution is 7.17. The molecule has 0 radical (unpaired) electrons. The topological polar surface area (TPSA) is 107 Å². The molecule has 0 bridgehead atoms. The standard InChI is InChI=1S/C12H11N5O2S/c13-10(18)5-14-6-11-16-12(17-19-11)7-3-9-8(15-4-7)1-2-20-9/h1-4,14H,5-6H2,(H2,13,18). The summed E-state index contributed by atoms with van der Waals surface area (Å²) in [7, 11) is 0. The summed E-state index contributed by atoms with van der Waals surface area (Å²) in [6.07, 6.45) is 1.71. The fourth-order valence-electron chi connectivity index (χ4n) is 1.71. The second-order valence-corrected chi connectivity index (χ2v) is 5.06. The Labute approximate surface area is 117 Å². The van der Waals surface area contributed by atoms with Crippen LogP contribution in [0.1, 0.15) is 5.89 Å². The summed E-state index contributed by atoms with van der Waals surface area (Å²) in [5.74, 6) is 0.438. The van der Waals surface area contributed by atoms with Crippen molar-refractivity contribution >= 4 is 27.5 Å². The molecule has 1 amide bonds. The number of fused-ring (bicyclic) bond motifs is 1. The molecule has 3 N–H and O–H groups in total. The zero-order valence-corrected chi connectivity index (χ0v) is 11.2. The number of aromatic nitrogens is 3. The maximum Gasteiger partial charge on any atom is 0.240 e. The molecular weight excluding hydrogens is 278 g/mol. The van der Waals surface area contributed by atoms with Crippen LogP contribution in [0.3, 0.4) is 0 Å². The van der Waals surface area contributed by atoms with E-state index in [0.29, 0.717) is 18.3 Å². The minimum absolute atomic E-state index is 0.0699. The summed E-state index contributed by atoms with van der Waals surface area (Å²) in [6.45, 7) is 0.366. The van der Waals surface area contributed by atoms with E-state index >= 15 is 0 Å². The first-order valence-corrected chi connectivity index (χ1v) is 6.75. The molecule has 102 valence electrons. The van der Waals surface area contributed by atoms with Gasteiger partial charge in [0, 0.05) is 11.8 Å². The summed E-state index contributed by atoms with van der Waals surface area (Å²) < 4.78 is 6.16. The predicted molar refractivity (Wildman–Crippen MR) is 73.8 cm³/mol. The minimum atomic E-state index is -0.433. The van der Waals surface area contributed by atoms with Gasteiger partial charge in [-0.25, -0.2) is 0 Å². The first-order chi connectivity index (χ1) is 9.72. The Kier molecular flexibility index (Phi) is 3.40. The van der Waals surface area contributed by atoms with Gasteiger partial charge >= 0.3 is 0 Å². The molecule has 7 nitrogen and oxygen atoms in total. The average molecular weight is 289 g/mol. The van der Waals surface area contributed by atoms with E-state index in [2.05, 4.69) is 20.4 Å². The third-order valence-corrected chi connectivity index (χ3v) is 3.46. The number of primary amides is 1. The van der Waals surface area contributed by atoms with Gasteiger partial charge in [-0.2, -0.15) is 4.98 Å². The highest BCUT2D eigenvalue weighted by Crippen LogP contribution is 2.24. The second-order valence-electron chi connectivity index (χ2n) is 4.11. The molecule has 8 heteroatoms. The van der Waals surface area contributed by atoms with E-state index in [-0.39, 0.29) is 6.54 Å². The van der Waals surface area contributed by atoms with Gasteiger partial charge in [0.05, 0.1) is 23.3 Å². The number of hydrogen-bond acceptors (Lipinski definition) is 7. The van der Waals surface area contributed by atoms with Crippen molar-refractivity contribution in [1.29, 1.82) is 0 Å². The van der Waals surface area contributed by atoms with Crippen LogP contribution in [-0.2, 0) is 11.3 Å². The zero-order valence-electron chi connectivity index (χ0n) is 10.4. The van der Waals surface area contributed by atoms with Gasteiger partial charge in [-0.3, -0.25) is 15.1 Å². The van der Waals surface area contributed by atoms with Gasteiger partial charge in [0.2, 0.25) is 17.6 Å². The monoisotopic (exact) mass is 289 g/mol. The van der Waals surface area contributed by atoms with Crippen LogP contribution >= 0.6 is 11.3 Å². The minimum Gasteiger partial charge on any atom is -0.369 e. The number of pyridine rings is 1. The summed E-state index contributed by atoms with van der Waals surface area (Å²) in [6, 6.07) is 3.93. The van der Waals surface area contributed by atoms with Crippen LogP contribution in [-0.4, -0.2) is 27.6 Å². The molecule has 0 saturated heterocycles. The van der Waals surface area contributed by atoms with Gasteiger partial charge in [0.15, 0.2) is 0 Å². The Morgan fingerprint density at radius 2 is 2.40 bits per heavy atom. The van der Waals surface area contributed by atoms with E-state index in [9.17, 15) is 4.79 Å². The molecule has 0 atom stereocenters. The zero-order chi connectivity index (χ0) is 13.9. The van der Waals surface area contributed by atoms with Gasteiger partial charge in [-0.05, 0) is 17.5 Å². The Hall–Kier alpha value is -2.32. The molecule has 3 heterocycles. The van der Waals surface area contributed by atoms with Crippen LogP contribution in [0.15, 0.2) is 28.2 Å². The lowest BCUT2D eigenvalue weighted by molar-refractivity contribution is -0.117. The summed E-state index contributed by atoms with van der Waals surface area (Å²) in [5.41, 5.74) is 6.77. The Morgan fingerprint density at radius 3 is 3.25 bits per heavy atom.